The first-order valence-corrected chi connectivity index (χ1v) is 5.51. The van der Waals surface area contributed by atoms with Crippen molar-refractivity contribution in [3.63, 3.8) is 0 Å². The maximum Gasteiger partial charge on any atom is 0.182 e. The zero-order valence-electron chi connectivity index (χ0n) is 8.26. The minimum atomic E-state index is -0.490. The fourth-order valence-corrected chi connectivity index (χ4v) is 3.71. The molecule has 2 fully saturated rings. The van der Waals surface area contributed by atoms with E-state index in [-0.39, 0.29) is 23.5 Å². The van der Waals surface area contributed by atoms with Gasteiger partial charge in [-0.3, -0.25) is 4.79 Å². The van der Waals surface area contributed by atoms with Gasteiger partial charge >= 0.3 is 0 Å². The van der Waals surface area contributed by atoms with Crippen molar-refractivity contribution in [3.05, 3.63) is 24.3 Å². The van der Waals surface area contributed by atoms with Crippen LogP contribution in [-0.2, 0) is 14.3 Å². The number of fused-ring (bicyclic) bond motifs is 3. The molecule has 0 aromatic carbocycles. The first-order valence-electron chi connectivity index (χ1n) is 5.51. The van der Waals surface area contributed by atoms with Crippen LogP contribution in [0, 0.1) is 23.7 Å². The van der Waals surface area contributed by atoms with Crippen LogP contribution in [0.5, 0.6) is 0 Å². The lowest BCUT2D eigenvalue weighted by Crippen LogP contribution is -2.38. The van der Waals surface area contributed by atoms with Gasteiger partial charge in [0.25, 0.3) is 0 Å². The monoisotopic (exact) mass is 204 g/mol. The molecule has 15 heavy (non-hydrogen) atoms. The van der Waals surface area contributed by atoms with Crippen LogP contribution >= 0.6 is 0 Å². The first-order chi connectivity index (χ1) is 7.33. The maximum atomic E-state index is 11.8. The lowest BCUT2D eigenvalue weighted by atomic mass is 9.85. The SMILES string of the molecule is O=C1C=C[C@H]2[C@@H]1[C@@H]1C=C[C@H]2C12OCCO2. The molecule has 0 aromatic rings. The molecular weight excluding hydrogens is 192 g/mol. The fourth-order valence-electron chi connectivity index (χ4n) is 3.71. The van der Waals surface area contributed by atoms with Gasteiger partial charge in [-0.05, 0) is 12.0 Å². The standard InChI is InChI=1S/C12H12O3/c13-10-4-1-7-8-2-3-9(11(7)10)12(8)14-5-6-15-12/h1-4,7-9,11H,5-6H2/t7-,8-,9+,11-/m1/s1. The highest BCUT2D eigenvalue weighted by Gasteiger charge is 2.66. The van der Waals surface area contributed by atoms with Gasteiger partial charge in [0.15, 0.2) is 11.6 Å². The molecule has 2 bridgehead atoms. The highest BCUT2D eigenvalue weighted by molar-refractivity contribution is 5.96. The zero-order chi connectivity index (χ0) is 10.0. The van der Waals surface area contributed by atoms with Crippen molar-refractivity contribution in [1.29, 1.82) is 0 Å². The average molecular weight is 204 g/mol. The summed E-state index contributed by atoms with van der Waals surface area (Å²) in [6, 6.07) is 0. The van der Waals surface area contributed by atoms with Crippen LogP contribution in [0.4, 0.5) is 0 Å². The van der Waals surface area contributed by atoms with E-state index in [1.807, 2.05) is 6.08 Å². The maximum absolute atomic E-state index is 11.8. The molecule has 1 saturated heterocycles. The molecular formula is C12H12O3. The van der Waals surface area contributed by atoms with E-state index < -0.39 is 5.79 Å². The summed E-state index contributed by atoms with van der Waals surface area (Å²) in [6.45, 7) is 1.32. The number of hydrogen-bond acceptors (Lipinski definition) is 3. The van der Waals surface area contributed by atoms with Gasteiger partial charge < -0.3 is 9.47 Å². The molecule has 3 aliphatic carbocycles. The van der Waals surface area contributed by atoms with E-state index in [1.165, 1.54) is 0 Å². The molecule has 3 nitrogen and oxygen atoms in total. The molecule has 0 N–H and O–H groups in total. The van der Waals surface area contributed by atoms with Gasteiger partial charge in [-0.25, -0.2) is 0 Å². The number of ether oxygens (including phenoxy) is 2. The summed E-state index contributed by atoms with van der Waals surface area (Å²) in [5, 5.41) is 0. The van der Waals surface area contributed by atoms with E-state index in [2.05, 4.69) is 12.2 Å². The Hall–Kier alpha value is -0.930. The quantitative estimate of drug-likeness (QED) is 0.550. The molecule has 1 saturated carbocycles. The highest BCUT2D eigenvalue weighted by Crippen LogP contribution is 2.60. The third-order valence-corrected chi connectivity index (χ3v) is 4.22. The lowest BCUT2D eigenvalue weighted by molar-refractivity contribution is -0.188. The third-order valence-electron chi connectivity index (χ3n) is 4.22. The van der Waals surface area contributed by atoms with Gasteiger partial charge in [0.1, 0.15) is 0 Å². The van der Waals surface area contributed by atoms with Gasteiger partial charge in [0.2, 0.25) is 0 Å². The van der Waals surface area contributed by atoms with E-state index in [9.17, 15) is 4.79 Å². The lowest BCUT2D eigenvalue weighted by Gasteiger charge is -2.28. The number of hydrogen-bond donors (Lipinski definition) is 0. The predicted octanol–water partition coefficient (Wildman–Crippen LogP) is 0.917. The van der Waals surface area contributed by atoms with Crippen LogP contribution in [0.15, 0.2) is 24.3 Å². The highest BCUT2D eigenvalue weighted by atomic mass is 16.7. The Labute approximate surface area is 87.7 Å². The Morgan fingerprint density at radius 2 is 1.87 bits per heavy atom. The largest absolute Gasteiger partial charge is 0.346 e. The number of carbonyl (C=O) groups is 1. The summed E-state index contributed by atoms with van der Waals surface area (Å²) in [5.41, 5.74) is 0. The van der Waals surface area contributed by atoms with Crippen molar-refractivity contribution >= 4 is 5.78 Å². The topological polar surface area (TPSA) is 35.5 Å². The van der Waals surface area contributed by atoms with Gasteiger partial charge in [-0.15, -0.1) is 0 Å². The van der Waals surface area contributed by atoms with E-state index >= 15 is 0 Å². The minimum absolute atomic E-state index is 0.0816. The zero-order valence-corrected chi connectivity index (χ0v) is 8.26. The molecule has 4 aliphatic rings. The normalized spacial score (nSPS) is 48.4. The summed E-state index contributed by atoms with van der Waals surface area (Å²) in [7, 11) is 0. The minimum Gasteiger partial charge on any atom is -0.346 e. The molecule has 4 atom stereocenters. The van der Waals surface area contributed by atoms with E-state index in [1.54, 1.807) is 6.08 Å². The second-order valence-electron chi connectivity index (χ2n) is 4.72. The van der Waals surface area contributed by atoms with Gasteiger partial charge in [0.05, 0.1) is 13.2 Å². The molecule has 4 rings (SSSR count). The van der Waals surface area contributed by atoms with Crippen molar-refractivity contribution in [2.75, 3.05) is 13.2 Å². The molecule has 78 valence electrons. The Morgan fingerprint density at radius 1 is 1.13 bits per heavy atom. The molecule has 0 amide bonds. The summed E-state index contributed by atoms with van der Waals surface area (Å²) in [5.74, 6) is 0.532. The van der Waals surface area contributed by atoms with E-state index in [4.69, 9.17) is 9.47 Å². The van der Waals surface area contributed by atoms with Crippen molar-refractivity contribution in [2.24, 2.45) is 23.7 Å². The Kier molecular flexibility index (Phi) is 1.33. The van der Waals surface area contributed by atoms with Crippen LogP contribution in [0.2, 0.25) is 0 Å². The van der Waals surface area contributed by atoms with Crippen LogP contribution in [0.25, 0.3) is 0 Å². The summed E-state index contributed by atoms with van der Waals surface area (Å²) < 4.78 is 11.6. The number of ketones is 1. The van der Waals surface area contributed by atoms with Crippen LogP contribution in [-0.4, -0.2) is 24.8 Å². The Balaban J connectivity index is 1.83. The molecule has 0 unspecified atom stereocenters. The second-order valence-corrected chi connectivity index (χ2v) is 4.72. The summed E-state index contributed by atoms with van der Waals surface area (Å²) in [6.07, 6.45) is 8.04. The van der Waals surface area contributed by atoms with Crippen molar-refractivity contribution < 1.29 is 14.3 Å². The van der Waals surface area contributed by atoms with Crippen LogP contribution in [0.3, 0.4) is 0 Å². The molecule has 1 aliphatic heterocycles. The molecule has 1 heterocycles. The van der Waals surface area contributed by atoms with E-state index in [0.717, 1.165) is 0 Å². The average Bonchev–Trinajstić information content (AvgIpc) is 2.96. The molecule has 3 heteroatoms. The van der Waals surface area contributed by atoms with Crippen molar-refractivity contribution in [2.45, 2.75) is 5.79 Å². The number of allylic oxidation sites excluding steroid dienone is 2. The second kappa shape index (κ2) is 2.42. The smallest absolute Gasteiger partial charge is 0.182 e. The first kappa shape index (κ1) is 8.25. The van der Waals surface area contributed by atoms with Gasteiger partial charge in [0, 0.05) is 17.8 Å². The van der Waals surface area contributed by atoms with Crippen LogP contribution < -0.4 is 0 Å². The Bertz CT molecular complexity index is 390. The fraction of sp³-hybridized carbons (Fsp3) is 0.583. The van der Waals surface area contributed by atoms with Crippen molar-refractivity contribution in [1.82, 2.24) is 0 Å². The number of carbonyl (C=O) groups excluding carboxylic acids is 1. The van der Waals surface area contributed by atoms with Gasteiger partial charge in [-0.2, -0.15) is 0 Å². The number of rotatable bonds is 0. The predicted molar refractivity (Wildman–Crippen MR) is 51.9 cm³/mol. The molecule has 1 spiro atoms. The summed E-state index contributed by atoms with van der Waals surface area (Å²) in [4.78, 5) is 11.8. The van der Waals surface area contributed by atoms with Gasteiger partial charge in [-0.1, -0.05) is 18.2 Å². The molecule has 0 radical (unpaired) electrons. The van der Waals surface area contributed by atoms with E-state index in [0.29, 0.717) is 19.1 Å². The van der Waals surface area contributed by atoms with Crippen molar-refractivity contribution in [3.8, 4) is 0 Å². The summed E-state index contributed by atoms with van der Waals surface area (Å²) >= 11 is 0. The Morgan fingerprint density at radius 3 is 2.60 bits per heavy atom. The third kappa shape index (κ3) is 0.755. The molecule has 0 aromatic heterocycles. The van der Waals surface area contributed by atoms with Crippen LogP contribution in [0.1, 0.15) is 0 Å².